The second-order valence-corrected chi connectivity index (χ2v) is 9.60. The zero-order chi connectivity index (χ0) is 20.9. The Bertz CT molecular complexity index is 1090. The Labute approximate surface area is 180 Å². The Morgan fingerprint density at radius 1 is 1.00 bits per heavy atom. The van der Waals surface area contributed by atoms with Crippen molar-refractivity contribution in [3.63, 3.8) is 0 Å². The van der Waals surface area contributed by atoms with Crippen LogP contribution in [0.5, 0.6) is 0 Å². The van der Waals surface area contributed by atoms with Crippen LogP contribution in [-0.2, 0) is 19.0 Å². The summed E-state index contributed by atoms with van der Waals surface area (Å²) in [4.78, 5) is 20.2. The van der Waals surface area contributed by atoms with Gasteiger partial charge in [-0.25, -0.2) is 0 Å². The van der Waals surface area contributed by atoms with E-state index in [4.69, 9.17) is 0 Å². The molecule has 156 valence electrons. The minimum Gasteiger partial charge on any atom is -0.368 e. The maximum atomic E-state index is 13.1. The van der Waals surface area contributed by atoms with Gasteiger partial charge in [-0.1, -0.05) is 6.07 Å². The van der Waals surface area contributed by atoms with Gasteiger partial charge in [-0.3, -0.25) is 4.79 Å². The number of hydrogen-bond acceptors (Lipinski definition) is 4. The zero-order valence-corrected chi connectivity index (χ0v) is 17.7. The molecule has 0 saturated carbocycles. The van der Waals surface area contributed by atoms with Crippen molar-refractivity contribution >= 4 is 34.3 Å². The summed E-state index contributed by atoms with van der Waals surface area (Å²) in [5.41, 5.74) is 2.42. The number of amides is 1. The molecule has 3 nitrogen and oxygen atoms in total. The van der Waals surface area contributed by atoms with E-state index in [1.54, 1.807) is 28.7 Å². The Morgan fingerprint density at radius 2 is 1.80 bits per heavy atom. The minimum atomic E-state index is -4.35. The first-order valence-corrected chi connectivity index (χ1v) is 11.5. The Balaban J connectivity index is 1.28. The molecule has 1 aliphatic carbocycles. The normalized spacial score (nSPS) is 16.4. The van der Waals surface area contributed by atoms with Crippen molar-refractivity contribution in [3.8, 4) is 10.4 Å². The fraction of sp³-hybridized carbons (Fsp3) is 0.318. The fourth-order valence-corrected chi connectivity index (χ4v) is 6.32. The van der Waals surface area contributed by atoms with Gasteiger partial charge in [-0.2, -0.15) is 13.2 Å². The summed E-state index contributed by atoms with van der Waals surface area (Å²) in [5.74, 6) is 0.0230. The largest absolute Gasteiger partial charge is 0.416 e. The van der Waals surface area contributed by atoms with E-state index in [9.17, 15) is 18.0 Å². The number of nitrogens with zero attached hydrogens (tertiary/aromatic N) is 2. The lowest BCUT2D eigenvalue weighted by molar-refractivity contribution is -0.137. The molecule has 1 aliphatic heterocycles. The Kier molecular flexibility index (Phi) is 4.86. The number of carbonyl (C=O) groups is 1. The summed E-state index contributed by atoms with van der Waals surface area (Å²) in [7, 11) is 0. The van der Waals surface area contributed by atoms with Gasteiger partial charge in [0.1, 0.15) is 0 Å². The Hall–Kier alpha value is -2.32. The van der Waals surface area contributed by atoms with Gasteiger partial charge in [-0.05, 0) is 54.1 Å². The van der Waals surface area contributed by atoms with Crippen LogP contribution in [0.4, 0.5) is 18.9 Å². The first-order chi connectivity index (χ1) is 14.4. The van der Waals surface area contributed by atoms with E-state index >= 15 is 0 Å². The topological polar surface area (TPSA) is 23.6 Å². The summed E-state index contributed by atoms with van der Waals surface area (Å²) >= 11 is 3.33. The molecule has 30 heavy (non-hydrogen) atoms. The van der Waals surface area contributed by atoms with Crippen LogP contribution in [-0.4, -0.2) is 37.0 Å². The number of thiophene rings is 2. The van der Waals surface area contributed by atoms with Crippen LogP contribution < -0.4 is 4.90 Å². The number of fused-ring (bicyclic) bond motifs is 3. The smallest absolute Gasteiger partial charge is 0.368 e. The van der Waals surface area contributed by atoms with E-state index in [1.165, 1.54) is 33.0 Å². The summed E-state index contributed by atoms with van der Waals surface area (Å²) in [6, 6.07) is 9.56. The van der Waals surface area contributed by atoms with Gasteiger partial charge in [0.05, 0.1) is 10.4 Å². The van der Waals surface area contributed by atoms with Crippen LogP contribution >= 0.6 is 22.7 Å². The molecule has 1 fully saturated rings. The second-order valence-electron chi connectivity index (χ2n) is 7.55. The molecule has 0 N–H and O–H groups in total. The number of rotatable bonds is 2. The highest BCUT2D eigenvalue weighted by Crippen LogP contribution is 2.42. The predicted octanol–water partition coefficient (Wildman–Crippen LogP) is 5.56. The number of halogens is 3. The molecular formula is C22H19F3N2OS2. The monoisotopic (exact) mass is 448 g/mol. The fourth-order valence-electron chi connectivity index (χ4n) is 4.14. The highest BCUT2D eigenvalue weighted by Gasteiger charge is 2.32. The number of benzene rings is 1. The third-order valence-corrected chi connectivity index (χ3v) is 7.92. The summed E-state index contributed by atoms with van der Waals surface area (Å²) in [6.07, 6.45) is -2.36. The highest BCUT2D eigenvalue weighted by atomic mass is 32.1. The maximum Gasteiger partial charge on any atom is 0.416 e. The molecular weight excluding hydrogens is 429 g/mol. The molecule has 3 heterocycles. The van der Waals surface area contributed by atoms with Crippen LogP contribution in [0.25, 0.3) is 10.4 Å². The van der Waals surface area contributed by atoms with E-state index in [1.807, 2.05) is 15.9 Å². The van der Waals surface area contributed by atoms with Crippen LogP contribution in [0.15, 0.2) is 41.8 Å². The van der Waals surface area contributed by atoms with E-state index in [2.05, 4.69) is 11.4 Å². The van der Waals surface area contributed by atoms with E-state index in [-0.39, 0.29) is 5.91 Å². The van der Waals surface area contributed by atoms with Gasteiger partial charge < -0.3 is 9.80 Å². The predicted molar refractivity (Wildman–Crippen MR) is 115 cm³/mol. The van der Waals surface area contributed by atoms with Gasteiger partial charge in [0.15, 0.2) is 0 Å². The molecule has 0 radical (unpaired) electrons. The first-order valence-electron chi connectivity index (χ1n) is 9.81. The molecule has 0 atom stereocenters. The number of aryl methyl sites for hydroxylation is 2. The SMILES string of the molecule is O=C(c1cc2c(s1)-c1ccsc1CC2)N1CCN(c2cccc(C(F)(F)F)c2)CC1. The Morgan fingerprint density at radius 3 is 2.57 bits per heavy atom. The van der Waals surface area contributed by atoms with Crippen molar-refractivity contribution in [2.24, 2.45) is 0 Å². The average Bonchev–Trinajstić information content (AvgIpc) is 3.39. The molecule has 0 unspecified atom stereocenters. The molecule has 5 rings (SSSR count). The van der Waals surface area contributed by atoms with Crippen LogP contribution in [0.1, 0.15) is 25.7 Å². The maximum absolute atomic E-state index is 13.1. The zero-order valence-electron chi connectivity index (χ0n) is 16.0. The summed E-state index contributed by atoms with van der Waals surface area (Å²) < 4.78 is 39.0. The quantitative estimate of drug-likeness (QED) is 0.513. The summed E-state index contributed by atoms with van der Waals surface area (Å²) in [5, 5.41) is 2.11. The molecule has 1 amide bonds. The van der Waals surface area contributed by atoms with Gasteiger partial charge in [0.25, 0.3) is 5.91 Å². The molecule has 1 saturated heterocycles. The highest BCUT2D eigenvalue weighted by molar-refractivity contribution is 7.18. The molecule has 1 aromatic carbocycles. The first kappa shape index (κ1) is 19.6. The molecule has 3 aromatic rings. The van der Waals surface area contributed by atoms with E-state index < -0.39 is 11.7 Å². The van der Waals surface area contributed by atoms with Crippen LogP contribution in [0.2, 0.25) is 0 Å². The van der Waals surface area contributed by atoms with E-state index in [0.717, 1.165) is 23.8 Å². The minimum absolute atomic E-state index is 0.0230. The third kappa shape index (κ3) is 3.52. The number of hydrogen-bond donors (Lipinski definition) is 0. The van der Waals surface area contributed by atoms with Crippen molar-refractivity contribution in [1.29, 1.82) is 0 Å². The lowest BCUT2D eigenvalue weighted by Gasteiger charge is -2.36. The third-order valence-electron chi connectivity index (χ3n) is 5.74. The standard InChI is InChI=1S/C22H19F3N2OS2/c23-22(24,25)15-2-1-3-16(13-15)26-7-9-27(10-8-26)21(28)19-12-14-4-5-18-17(6-11-29-18)20(14)30-19/h1-3,6,11-13H,4-5,7-10H2. The summed E-state index contributed by atoms with van der Waals surface area (Å²) in [6.45, 7) is 2.04. The van der Waals surface area contributed by atoms with E-state index in [0.29, 0.717) is 31.9 Å². The van der Waals surface area contributed by atoms with Crippen molar-refractivity contribution in [2.75, 3.05) is 31.1 Å². The molecule has 2 aliphatic rings. The van der Waals surface area contributed by atoms with Crippen molar-refractivity contribution in [1.82, 2.24) is 4.90 Å². The molecule has 8 heteroatoms. The molecule has 2 aromatic heterocycles. The van der Waals surface area contributed by atoms with Gasteiger partial charge >= 0.3 is 6.18 Å². The van der Waals surface area contributed by atoms with Crippen molar-refractivity contribution < 1.29 is 18.0 Å². The molecule has 0 spiro atoms. The number of anilines is 1. The van der Waals surface area contributed by atoms with Crippen LogP contribution in [0, 0.1) is 0 Å². The number of piperazine rings is 1. The number of alkyl halides is 3. The van der Waals surface area contributed by atoms with Crippen molar-refractivity contribution in [3.05, 3.63) is 62.7 Å². The molecule has 0 bridgehead atoms. The second kappa shape index (κ2) is 7.42. The van der Waals surface area contributed by atoms with Crippen LogP contribution in [0.3, 0.4) is 0 Å². The van der Waals surface area contributed by atoms with Crippen molar-refractivity contribution in [2.45, 2.75) is 19.0 Å². The number of carbonyl (C=O) groups excluding carboxylic acids is 1. The average molecular weight is 449 g/mol. The lowest BCUT2D eigenvalue weighted by atomic mass is 9.98. The van der Waals surface area contributed by atoms with Gasteiger partial charge in [-0.15, -0.1) is 22.7 Å². The van der Waals surface area contributed by atoms with Gasteiger partial charge in [0, 0.05) is 47.2 Å². The lowest BCUT2D eigenvalue weighted by Crippen LogP contribution is -2.48. The van der Waals surface area contributed by atoms with Gasteiger partial charge in [0.2, 0.25) is 0 Å².